The molecule has 37 heavy (non-hydrogen) atoms. The molecule has 6 rings (SSSR count). The van der Waals surface area contributed by atoms with E-state index in [0.717, 1.165) is 90.0 Å². The van der Waals surface area contributed by atoms with Crippen molar-refractivity contribution in [2.75, 3.05) is 18.0 Å². The largest absolute Gasteiger partial charge is 0.349 e. The number of halogens is 1. The van der Waals surface area contributed by atoms with Crippen molar-refractivity contribution in [2.24, 2.45) is 0 Å². The van der Waals surface area contributed by atoms with Crippen LogP contribution in [0.3, 0.4) is 0 Å². The van der Waals surface area contributed by atoms with E-state index in [2.05, 4.69) is 26.3 Å². The molecule has 7 heteroatoms. The van der Waals surface area contributed by atoms with Crippen molar-refractivity contribution in [1.29, 1.82) is 0 Å². The maximum atomic E-state index is 13.8. The predicted octanol–water partition coefficient (Wildman–Crippen LogP) is 5.44. The van der Waals surface area contributed by atoms with E-state index in [0.29, 0.717) is 0 Å². The van der Waals surface area contributed by atoms with Crippen LogP contribution in [0.25, 0.3) is 22.6 Å². The summed E-state index contributed by atoms with van der Waals surface area (Å²) in [6.45, 7) is 1.60. The smallest absolute Gasteiger partial charge is 0.252 e. The second kappa shape index (κ2) is 10.1. The fourth-order valence-corrected chi connectivity index (χ4v) is 5.43. The summed E-state index contributed by atoms with van der Waals surface area (Å²) in [6, 6.07) is 16.3. The number of rotatable bonds is 4. The lowest BCUT2D eigenvalue weighted by molar-refractivity contribution is 0.0931. The second-order valence-electron chi connectivity index (χ2n) is 9.69. The molecule has 6 nitrogen and oxygen atoms in total. The number of para-hydroxylation sites is 1. The molecule has 0 radical (unpaired) electrons. The van der Waals surface area contributed by atoms with Crippen molar-refractivity contribution in [3.63, 3.8) is 0 Å². The first kappa shape index (κ1) is 23.3. The predicted molar refractivity (Wildman–Crippen MR) is 144 cm³/mol. The van der Waals surface area contributed by atoms with Gasteiger partial charge < -0.3 is 10.2 Å². The van der Waals surface area contributed by atoms with Crippen molar-refractivity contribution in [3.05, 3.63) is 95.2 Å². The number of amides is 1. The maximum Gasteiger partial charge on any atom is 0.252 e. The van der Waals surface area contributed by atoms with Crippen molar-refractivity contribution in [3.8, 4) is 0 Å². The molecule has 0 saturated carbocycles. The molecule has 0 bridgehead atoms. The Bertz CT molecular complexity index is 1460. The lowest BCUT2D eigenvalue weighted by Crippen LogP contribution is -2.45. The molecule has 0 atom stereocenters. The molecule has 3 heterocycles. The van der Waals surface area contributed by atoms with Gasteiger partial charge in [0.05, 0.1) is 16.8 Å². The first-order chi connectivity index (χ1) is 18.2. The van der Waals surface area contributed by atoms with Gasteiger partial charge in [0.1, 0.15) is 5.82 Å². The summed E-state index contributed by atoms with van der Waals surface area (Å²) in [5.74, 6) is 0.450. The molecule has 2 aliphatic rings. The number of hydrogen-bond donors (Lipinski definition) is 1. The second-order valence-corrected chi connectivity index (χ2v) is 9.69. The van der Waals surface area contributed by atoms with Gasteiger partial charge in [-0.15, -0.1) is 0 Å². The molecule has 1 aliphatic heterocycles. The zero-order chi connectivity index (χ0) is 25.2. The van der Waals surface area contributed by atoms with Crippen molar-refractivity contribution in [1.82, 2.24) is 20.3 Å². The van der Waals surface area contributed by atoms with Gasteiger partial charge in [-0.05, 0) is 79.1 Å². The summed E-state index contributed by atoms with van der Waals surface area (Å²) >= 11 is 0. The number of allylic oxidation sites excluding steroid dienone is 1. The van der Waals surface area contributed by atoms with E-state index in [4.69, 9.17) is 4.98 Å². The Balaban J connectivity index is 1.30. The highest BCUT2D eigenvalue weighted by Crippen LogP contribution is 2.36. The highest BCUT2D eigenvalue weighted by atomic mass is 19.1. The molecule has 2 aromatic heterocycles. The molecule has 2 aromatic carbocycles. The van der Waals surface area contributed by atoms with Gasteiger partial charge in [0, 0.05) is 36.9 Å². The van der Waals surface area contributed by atoms with E-state index >= 15 is 0 Å². The minimum absolute atomic E-state index is 0.0349. The fourth-order valence-electron chi connectivity index (χ4n) is 5.43. The lowest BCUT2D eigenvalue weighted by atomic mass is 9.85. The zero-order valence-electron chi connectivity index (χ0n) is 20.5. The number of fused-ring (bicyclic) bond motifs is 2. The highest BCUT2D eigenvalue weighted by molar-refractivity contribution is 6.09. The summed E-state index contributed by atoms with van der Waals surface area (Å²) in [4.78, 5) is 29.7. The van der Waals surface area contributed by atoms with Crippen LogP contribution in [0.15, 0.2) is 67.0 Å². The summed E-state index contributed by atoms with van der Waals surface area (Å²) in [5, 5.41) is 4.21. The van der Waals surface area contributed by atoms with Crippen LogP contribution in [0.2, 0.25) is 0 Å². The number of aromatic nitrogens is 3. The van der Waals surface area contributed by atoms with Crippen LogP contribution >= 0.6 is 0 Å². The third-order valence-electron chi connectivity index (χ3n) is 7.27. The number of pyridine rings is 1. The molecular weight excluding hydrogens is 465 g/mol. The normalized spacial score (nSPS) is 17.1. The topological polar surface area (TPSA) is 71.0 Å². The van der Waals surface area contributed by atoms with Gasteiger partial charge in [-0.25, -0.2) is 19.3 Å². The first-order valence-electron chi connectivity index (χ1n) is 12.9. The SMILES string of the molecule is O=C(NC1CCN(c2ncccn2)CC1)c1c2c(nc3ccccc13)C(=Cc1ccc(F)cc1)CCC2. The quantitative estimate of drug-likeness (QED) is 0.410. The van der Waals surface area contributed by atoms with E-state index in [-0.39, 0.29) is 17.8 Å². The molecule has 0 spiro atoms. The number of nitrogens with one attached hydrogen (secondary N) is 1. The Hall–Kier alpha value is -4.13. The van der Waals surface area contributed by atoms with Gasteiger partial charge >= 0.3 is 0 Å². The molecular formula is C30H28FN5O. The minimum atomic E-state index is -0.253. The molecule has 1 fully saturated rings. The van der Waals surface area contributed by atoms with E-state index < -0.39 is 0 Å². The summed E-state index contributed by atoms with van der Waals surface area (Å²) in [7, 11) is 0. The van der Waals surface area contributed by atoms with Crippen molar-refractivity contribution in [2.45, 2.75) is 38.1 Å². The third kappa shape index (κ3) is 4.81. The zero-order valence-corrected chi connectivity index (χ0v) is 20.5. The number of benzene rings is 2. The Kier molecular flexibility index (Phi) is 6.35. The Morgan fingerprint density at radius 3 is 2.51 bits per heavy atom. The standard InChI is InChI=1S/C30H28FN5O/c31-22-11-9-20(10-12-22)19-21-5-3-7-25-27(24-6-1-2-8-26(24)35-28(21)25)29(37)34-23-13-17-36(18-14-23)30-32-15-4-16-33-30/h1-2,4,6,8-12,15-16,19,23H,3,5,7,13-14,17-18H2,(H,34,37). The van der Waals surface area contributed by atoms with Crippen molar-refractivity contribution < 1.29 is 9.18 Å². The number of nitrogens with zero attached hydrogens (tertiary/aromatic N) is 4. The van der Waals surface area contributed by atoms with E-state index in [1.807, 2.05) is 30.3 Å². The monoisotopic (exact) mass is 493 g/mol. The van der Waals surface area contributed by atoms with E-state index in [1.165, 1.54) is 12.1 Å². The van der Waals surface area contributed by atoms with Gasteiger partial charge in [-0.1, -0.05) is 30.3 Å². The van der Waals surface area contributed by atoms with Gasteiger partial charge in [0.2, 0.25) is 5.95 Å². The van der Waals surface area contributed by atoms with E-state index in [9.17, 15) is 9.18 Å². The molecule has 0 unspecified atom stereocenters. The average Bonchev–Trinajstić information content (AvgIpc) is 2.94. The Labute approximate surface area is 215 Å². The van der Waals surface area contributed by atoms with Crippen LogP contribution < -0.4 is 10.2 Å². The van der Waals surface area contributed by atoms with E-state index in [1.54, 1.807) is 24.5 Å². The lowest BCUT2D eigenvalue weighted by Gasteiger charge is -2.32. The molecule has 1 N–H and O–H groups in total. The average molecular weight is 494 g/mol. The van der Waals surface area contributed by atoms with Crippen molar-refractivity contribution >= 4 is 34.4 Å². The summed E-state index contributed by atoms with van der Waals surface area (Å²) in [6.07, 6.45) is 9.88. The van der Waals surface area contributed by atoms with Gasteiger partial charge in [0.15, 0.2) is 0 Å². The third-order valence-corrected chi connectivity index (χ3v) is 7.27. The highest BCUT2D eigenvalue weighted by Gasteiger charge is 2.28. The molecule has 1 amide bonds. The van der Waals surface area contributed by atoms with Gasteiger partial charge in [0.25, 0.3) is 5.91 Å². The summed E-state index contributed by atoms with van der Waals surface area (Å²) < 4.78 is 13.4. The number of carbonyl (C=O) groups is 1. The molecule has 4 aromatic rings. The number of piperidine rings is 1. The minimum Gasteiger partial charge on any atom is -0.349 e. The Morgan fingerprint density at radius 2 is 1.73 bits per heavy atom. The van der Waals surface area contributed by atoms with Gasteiger partial charge in [-0.3, -0.25) is 4.79 Å². The van der Waals surface area contributed by atoms with Crippen LogP contribution in [0.4, 0.5) is 10.3 Å². The van der Waals surface area contributed by atoms with Crippen LogP contribution in [-0.2, 0) is 6.42 Å². The van der Waals surface area contributed by atoms with Crippen LogP contribution in [-0.4, -0.2) is 40.0 Å². The summed E-state index contributed by atoms with van der Waals surface area (Å²) in [5.41, 5.74) is 5.46. The van der Waals surface area contributed by atoms with Crippen LogP contribution in [0.1, 0.15) is 52.9 Å². The molecule has 186 valence electrons. The molecule has 1 aliphatic carbocycles. The van der Waals surface area contributed by atoms with Gasteiger partial charge in [-0.2, -0.15) is 0 Å². The Morgan fingerprint density at radius 1 is 0.973 bits per heavy atom. The molecule has 1 saturated heterocycles. The first-order valence-corrected chi connectivity index (χ1v) is 12.9. The number of carbonyl (C=O) groups excluding carboxylic acids is 1. The van der Waals surface area contributed by atoms with Crippen LogP contribution in [0.5, 0.6) is 0 Å². The maximum absolute atomic E-state index is 13.8. The number of anilines is 1. The van der Waals surface area contributed by atoms with Crippen LogP contribution in [0, 0.1) is 5.82 Å². The fraction of sp³-hybridized carbons (Fsp3) is 0.267. The number of hydrogen-bond acceptors (Lipinski definition) is 5.